The van der Waals surface area contributed by atoms with Crippen molar-refractivity contribution in [2.24, 2.45) is 5.73 Å². The van der Waals surface area contributed by atoms with E-state index in [1.54, 1.807) is 6.92 Å². The molecule has 3 N–H and O–H groups in total. The predicted octanol–water partition coefficient (Wildman–Crippen LogP) is 1.69. The van der Waals surface area contributed by atoms with Crippen molar-refractivity contribution in [1.82, 2.24) is 4.98 Å². The zero-order valence-electron chi connectivity index (χ0n) is 11.0. The summed E-state index contributed by atoms with van der Waals surface area (Å²) in [5.41, 5.74) is 7.45. The van der Waals surface area contributed by atoms with Gasteiger partial charge in [-0.25, -0.2) is 4.98 Å². The Morgan fingerprint density at radius 2 is 2.16 bits per heavy atom. The summed E-state index contributed by atoms with van der Waals surface area (Å²) in [5.74, 6) is 0.752. The highest BCUT2D eigenvalue weighted by molar-refractivity contribution is 7.80. The number of aromatic nitrogens is 1. The van der Waals surface area contributed by atoms with Crippen molar-refractivity contribution in [1.29, 1.82) is 0 Å². The highest BCUT2D eigenvalue weighted by Gasteiger charge is 2.11. The SMILES string of the molecule is CC(O)CN(C)c1cc(C(N)=S)c2ccccc2n1. The molecule has 1 aromatic carbocycles. The average Bonchev–Trinajstić information content (AvgIpc) is 2.36. The third kappa shape index (κ3) is 3.00. The van der Waals surface area contributed by atoms with Crippen LogP contribution in [0.3, 0.4) is 0 Å². The summed E-state index contributed by atoms with van der Waals surface area (Å²) in [5, 5.41) is 10.4. The molecule has 5 heteroatoms. The first-order chi connectivity index (χ1) is 8.99. The lowest BCUT2D eigenvalue weighted by atomic mass is 10.1. The minimum absolute atomic E-state index is 0.352. The van der Waals surface area contributed by atoms with Gasteiger partial charge in [0.15, 0.2) is 0 Å². The molecule has 1 heterocycles. The lowest BCUT2D eigenvalue weighted by Crippen LogP contribution is -2.28. The summed E-state index contributed by atoms with van der Waals surface area (Å²) >= 11 is 5.11. The van der Waals surface area contributed by atoms with Gasteiger partial charge in [0.05, 0.1) is 11.6 Å². The summed E-state index contributed by atoms with van der Waals surface area (Å²) in [4.78, 5) is 6.81. The van der Waals surface area contributed by atoms with Crippen LogP contribution in [0.5, 0.6) is 0 Å². The van der Waals surface area contributed by atoms with Crippen molar-refractivity contribution in [3.63, 3.8) is 0 Å². The van der Waals surface area contributed by atoms with Crippen molar-refractivity contribution in [2.75, 3.05) is 18.5 Å². The second-order valence-electron chi connectivity index (χ2n) is 4.64. The van der Waals surface area contributed by atoms with Crippen molar-refractivity contribution in [3.8, 4) is 0 Å². The maximum Gasteiger partial charge on any atom is 0.129 e. The van der Waals surface area contributed by atoms with Crippen molar-refractivity contribution in [3.05, 3.63) is 35.9 Å². The first-order valence-corrected chi connectivity index (χ1v) is 6.48. The van der Waals surface area contributed by atoms with Crippen LogP contribution in [-0.4, -0.2) is 34.8 Å². The molecule has 0 saturated carbocycles. The Bertz CT molecular complexity index is 613. The van der Waals surface area contributed by atoms with Crippen molar-refractivity contribution in [2.45, 2.75) is 13.0 Å². The number of rotatable bonds is 4. The molecule has 4 nitrogen and oxygen atoms in total. The maximum atomic E-state index is 9.46. The van der Waals surface area contributed by atoms with Gasteiger partial charge >= 0.3 is 0 Å². The van der Waals surface area contributed by atoms with Crippen molar-refractivity contribution >= 4 is 33.9 Å². The smallest absolute Gasteiger partial charge is 0.129 e. The number of hydrogen-bond donors (Lipinski definition) is 2. The molecule has 0 aliphatic heterocycles. The molecular formula is C14H17N3OS. The van der Waals surface area contributed by atoms with E-state index in [9.17, 15) is 5.11 Å². The van der Waals surface area contributed by atoms with E-state index >= 15 is 0 Å². The van der Waals surface area contributed by atoms with Gasteiger partial charge in [-0.2, -0.15) is 0 Å². The summed E-state index contributed by atoms with van der Waals surface area (Å²) in [6, 6.07) is 9.61. The van der Waals surface area contributed by atoms with Gasteiger partial charge in [0.25, 0.3) is 0 Å². The number of benzene rings is 1. The number of aliphatic hydroxyl groups excluding tert-OH is 1. The maximum absolute atomic E-state index is 9.46. The number of likely N-dealkylation sites (N-methyl/N-ethyl adjacent to an activating group) is 1. The summed E-state index contributed by atoms with van der Waals surface area (Å²) in [6.45, 7) is 2.24. The Morgan fingerprint density at radius 3 is 2.79 bits per heavy atom. The highest BCUT2D eigenvalue weighted by atomic mass is 32.1. The summed E-state index contributed by atoms with van der Waals surface area (Å²) < 4.78 is 0. The van der Waals surface area contributed by atoms with Crippen LogP contribution in [0.2, 0.25) is 0 Å². The Balaban J connectivity index is 2.55. The molecule has 0 amide bonds. The van der Waals surface area contributed by atoms with Crippen LogP contribution < -0.4 is 10.6 Å². The third-order valence-corrected chi connectivity index (χ3v) is 3.12. The molecule has 19 heavy (non-hydrogen) atoms. The van der Waals surface area contributed by atoms with Gasteiger partial charge in [0, 0.05) is 24.5 Å². The largest absolute Gasteiger partial charge is 0.392 e. The van der Waals surface area contributed by atoms with Gasteiger partial charge in [0.2, 0.25) is 0 Å². The molecule has 0 aliphatic rings. The third-order valence-electron chi connectivity index (χ3n) is 2.90. The summed E-state index contributed by atoms with van der Waals surface area (Å²) in [6.07, 6.45) is -0.424. The molecule has 0 radical (unpaired) electrons. The van der Waals surface area contributed by atoms with Crippen LogP contribution in [0.4, 0.5) is 5.82 Å². The van der Waals surface area contributed by atoms with Gasteiger partial charge in [-0.3, -0.25) is 0 Å². The fourth-order valence-corrected chi connectivity index (χ4v) is 2.22. The van der Waals surface area contributed by atoms with Crippen LogP contribution in [0, 0.1) is 0 Å². The molecule has 0 spiro atoms. The second kappa shape index (κ2) is 5.50. The van der Waals surface area contributed by atoms with E-state index in [1.807, 2.05) is 42.3 Å². The molecule has 2 aromatic rings. The number of nitrogens with two attached hydrogens (primary N) is 1. The molecule has 2 rings (SSSR count). The molecule has 0 bridgehead atoms. The minimum atomic E-state index is -0.424. The zero-order chi connectivity index (χ0) is 14.0. The molecule has 0 saturated heterocycles. The molecule has 0 aliphatic carbocycles. The normalized spacial score (nSPS) is 12.4. The molecule has 1 aromatic heterocycles. The number of hydrogen-bond acceptors (Lipinski definition) is 4. The fraction of sp³-hybridized carbons (Fsp3) is 0.286. The highest BCUT2D eigenvalue weighted by Crippen LogP contribution is 2.22. The molecule has 1 atom stereocenters. The number of nitrogens with zero attached hydrogens (tertiary/aromatic N) is 2. The van der Waals surface area contributed by atoms with Crippen molar-refractivity contribution < 1.29 is 5.11 Å². The van der Waals surface area contributed by atoms with E-state index in [0.29, 0.717) is 11.5 Å². The topological polar surface area (TPSA) is 62.4 Å². The van der Waals surface area contributed by atoms with Crippen LogP contribution >= 0.6 is 12.2 Å². The van der Waals surface area contributed by atoms with Gasteiger partial charge in [0.1, 0.15) is 10.8 Å². The quantitative estimate of drug-likeness (QED) is 0.831. The van der Waals surface area contributed by atoms with E-state index in [2.05, 4.69) is 4.98 Å². The fourth-order valence-electron chi connectivity index (χ4n) is 2.05. The Hall–Kier alpha value is -1.72. The molecular weight excluding hydrogens is 258 g/mol. The number of pyridine rings is 1. The van der Waals surface area contributed by atoms with Gasteiger partial charge in [-0.05, 0) is 19.1 Å². The lowest BCUT2D eigenvalue weighted by molar-refractivity contribution is 0.201. The Morgan fingerprint density at radius 1 is 1.47 bits per heavy atom. The van der Waals surface area contributed by atoms with Crippen LogP contribution in [0.15, 0.2) is 30.3 Å². The molecule has 1 unspecified atom stereocenters. The van der Waals surface area contributed by atoms with Gasteiger partial charge in [-0.15, -0.1) is 0 Å². The van der Waals surface area contributed by atoms with E-state index in [0.717, 1.165) is 22.3 Å². The van der Waals surface area contributed by atoms with E-state index in [1.165, 1.54) is 0 Å². The first-order valence-electron chi connectivity index (χ1n) is 6.08. The standard InChI is InChI=1S/C14H17N3OS/c1-9(18)8-17(2)13-7-11(14(15)19)10-5-3-4-6-12(10)16-13/h3-7,9,18H,8H2,1-2H3,(H2,15,19). The Labute approximate surface area is 117 Å². The van der Waals surface area contributed by atoms with Crippen LogP contribution in [-0.2, 0) is 0 Å². The number of thiocarbonyl (C=S) groups is 1. The molecule has 100 valence electrons. The second-order valence-corrected chi connectivity index (χ2v) is 5.08. The van der Waals surface area contributed by atoms with Gasteiger partial charge in [-0.1, -0.05) is 30.4 Å². The minimum Gasteiger partial charge on any atom is -0.392 e. The van der Waals surface area contributed by atoms with Crippen LogP contribution in [0.25, 0.3) is 10.9 Å². The zero-order valence-corrected chi connectivity index (χ0v) is 11.8. The number of aliphatic hydroxyl groups is 1. The predicted molar refractivity (Wildman–Crippen MR) is 82.6 cm³/mol. The molecule has 0 fully saturated rings. The number of fused-ring (bicyclic) bond motifs is 1. The van der Waals surface area contributed by atoms with Crippen LogP contribution in [0.1, 0.15) is 12.5 Å². The lowest BCUT2D eigenvalue weighted by Gasteiger charge is -2.21. The van der Waals surface area contributed by atoms with E-state index in [-0.39, 0.29) is 0 Å². The summed E-state index contributed by atoms with van der Waals surface area (Å²) in [7, 11) is 1.88. The number of anilines is 1. The monoisotopic (exact) mass is 275 g/mol. The number of para-hydroxylation sites is 1. The Kier molecular flexibility index (Phi) is 3.97. The van der Waals surface area contributed by atoms with E-state index in [4.69, 9.17) is 18.0 Å². The first kappa shape index (κ1) is 13.7. The van der Waals surface area contributed by atoms with E-state index < -0.39 is 6.10 Å². The van der Waals surface area contributed by atoms with Gasteiger partial charge < -0.3 is 15.7 Å². The average molecular weight is 275 g/mol.